The lowest BCUT2D eigenvalue weighted by Gasteiger charge is -2.30. The maximum atomic E-state index is 13.1. The Balaban J connectivity index is 1.39. The van der Waals surface area contributed by atoms with E-state index in [1.54, 1.807) is 12.4 Å². The van der Waals surface area contributed by atoms with Gasteiger partial charge in [0.25, 0.3) is 11.8 Å². The summed E-state index contributed by atoms with van der Waals surface area (Å²) in [5.74, 6) is -0.543. The third kappa shape index (κ3) is 4.24. The highest BCUT2D eigenvalue weighted by Crippen LogP contribution is 2.33. The Kier molecular flexibility index (Phi) is 5.64. The summed E-state index contributed by atoms with van der Waals surface area (Å²) in [7, 11) is 0. The minimum Gasteiger partial charge on any atom is -0.371 e. The molecule has 2 aliphatic heterocycles. The highest BCUT2D eigenvalue weighted by Gasteiger charge is 2.26. The number of hydrazine groups is 1. The first-order valence-corrected chi connectivity index (χ1v) is 11.2. The Morgan fingerprint density at radius 1 is 1.00 bits per heavy atom. The van der Waals surface area contributed by atoms with Crippen molar-refractivity contribution in [3.05, 3.63) is 60.4 Å². The molecule has 33 heavy (non-hydrogen) atoms. The van der Waals surface area contributed by atoms with Crippen molar-refractivity contribution in [3.63, 3.8) is 0 Å². The number of rotatable bonds is 4. The molecule has 8 nitrogen and oxygen atoms in total. The number of nitrogens with zero attached hydrogens (tertiary/aromatic N) is 4. The summed E-state index contributed by atoms with van der Waals surface area (Å²) in [5, 5.41) is 6.24. The quantitative estimate of drug-likeness (QED) is 0.646. The number of aryl methyl sites for hydroxylation is 1. The molecule has 0 radical (unpaired) electrons. The Morgan fingerprint density at radius 2 is 1.79 bits per heavy atom. The third-order valence-corrected chi connectivity index (χ3v) is 6.09. The van der Waals surface area contributed by atoms with Gasteiger partial charge in [0.1, 0.15) is 6.54 Å². The van der Waals surface area contributed by atoms with Crippen molar-refractivity contribution in [3.8, 4) is 0 Å². The van der Waals surface area contributed by atoms with Gasteiger partial charge in [0.05, 0.1) is 11.4 Å². The lowest BCUT2D eigenvalue weighted by Crippen LogP contribution is -2.54. The predicted octanol–water partition coefficient (Wildman–Crippen LogP) is 3.42. The Labute approximate surface area is 192 Å². The molecule has 2 amide bonds. The van der Waals surface area contributed by atoms with E-state index >= 15 is 0 Å². The summed E-state index contributed by atoms with van der Waals surface area (Å²) in [6.45, 7) is 3.95. The van der Waals surface area contributed by atoms with Gasteiger partial charge in [0.15, 0.2) is 0 Å². The van der Waals surface area contributed by atoms with Crippen LogP contribution in [0.4, 0.5) is 17.1 Å². The zero-order valence-electron chi connectivity index (χ0n) is 18.5. The lowest BCUT2D eigenvalue weighted by atomic mass is 10.1. The largest absolute Gasteiger partial charge is 0.371 e. The number of benzene rings is 2. The fraction of sp³-hybridized carbons (Fsp3) is 0.280. The second-order valence-electron chi connectivity index (χ2n) is 8.40. The lowest BCUT2D eigenvalue weighted by molar-refractivity contribution is -0.118. The zero-order valence-corrected chi connectivity index (χ0v) is 18.5. The molecule has 2 N–H and O–H groups in total. The number of amides is 2. The van der Waals surface area contributed by atoms with Gasteiger partial charge in [-0.1, -0.05) is 17.7 Å². The van der Waals surface area contributed by atoms with Crippen LogP contribution in [0, 0.1) is 6.92 Å². The van der Waals surface area contributed by atoms with E-state index in [0.29, 0.717) is 11.4 Å². The summed E-state index contributed by atoms with van der Waals surface area (Å²) in [4.78, 5) is 36.3. The van der Waals surface area contributed by atoms with Crippen LogP contribution < -0.4 is 20.7 Å². The molecule has 168 valence electrons. The first kappa shape index (κ1) is 20.9. The number of aromatic nitrogens is 1. The van der Waals surface area contributed by atoms with Crippen LogP contribution in [0.15, 0.2) is 59.9 Å². The smallest absolute Gasteiger partial charge is 0.292 e. The summed E-state index contributed by atoms with van der Waals surface area (Å²) < 4.78 is 0. The van der Waals surface area contributed by atoms with Gasteiger partial charge in [-0.15, -0.1) is 0 Å². The van der Waals surface area contributed by atoms with E-state index in [-0.39, 0.29) is 18.3 Å². The van der Waals surface area contributed by atoms with E-state index in [1.165, 1.54) is 24.3 Å². The van der Waals surface area contributed by atoms with Crippen molar-refractivity contribution in [2.45, 2.75) is 26.2 Å². The molecule has 1 saturated heterocycles. The highest BCUT2D eigenvalue weighted by atomic mass is 16.2. The van der Waals surface area contributed by atoms with Crippen molar-refractivity contribution in [1.29, 1.82) is 0 Å². The molecule has 2 aliphatic rings. The van der Waals surface area contributed by atoms with Crippen molar-refractivity contribution < 1.29 is 9.59 Å². The van der Waals surface area contributed by atoms with Crippen LogP contribution in [-0.2, 0) is 9.59 Å². The van der Waals surface area contributed by atoms with Crippen molar-refractivity contribution >= 4 is 45.5 Å². The molecule has 0 saturated carbocycles. The minimum absolute atomic E-state index is 0.0901. The fourth-order valence-electron chi connectivity index (χ4n) is 4.32. The van der Waals surface area contributed by atoms with Crippen LogP contribution in [0.2, 0.25) is 0 Å². The number of carbonyl (C=O) groups is 2. The van der Waals surface area contributed by atoms with Crippen LogP contribution in [0.25, 0.3) is 10.8 Å². The zero-order chi connectivity index (χ0) is 22.8. The Bertz CT molecular complexity index is 1230. The molecular weight excluding hydrogens is 416 g/mol. The normalized spacial score (nSPS) is 16.4. The fourth-order valence-corrected chi connectivity index (χ4v) is 4.32. The number of hydrogen-bond acceptors (Lipinski definition) is 6. The van der Waals surface area contributed by atoms with E-state index in [0.717, 1.165) is 35.1 Å². The molecule has 3 aromatic rings. The summed E-state index contributed by atoms with van der Waals surface area (Å²) in [6, 6.07) is 13.5. The number of anilines is 3. The number of hydrogen-bond donors (Lipinski definition) is 2. The van der Waals surface area contributed by atoms with E-state index in [1.807, 2.05) is 43.3 Å². The average molecular weight is 443 g/mol. The summed E-state index contributed by atoms with van der Waals surface area (Å²) in [5.41, 5.74) is 6.43. The van der Waals surface area contributed by atoms with E-state index < -0.39 is 5.91 Å². The van der Waals surface area contributed by atoms with Crippen LogP contribution >= 0.6 is 0 Å². The molecule has 2 aromatic carbocycles. The maximum absolute atomic E-state index is 13.1. The first-order chi connectivity index (χ1) is 16.1. The van der Waals surface area contributed by atoms with E-state index in [4.69, 9.17) is 0 Å². The van der Waals surface area contributed by atoms with Gasteiger partial charge >= 0.3 is 0 Å². The van der Waals surface area contributed by atoms with Crippen LogP contribution in [-0.4, -0.2) is 42.3 Å². The molecule has 5 rings (SSSR count). The topological polar surface area (TPSA) is 89.9 Å². The number of nitrogens with one attached hydrogen (secondary N) is 2. The number of amidine groups is 1. The average Bonchev–Trinajstić information content (AvgIpc) is 2.85. The molecule has 0 atom stereocenters. The third-order valence-electron chi connectivity index (χ3n) is 6.09. The van der Waals surface area contributed by atoms with Gasteiger partial charge in [0.2, 0.25) is 5.84 Å². The summed E-state index contributed by atoms with van der Waals surface area (Å²) >= 11 is 0. The molecular formula is C25H26N6O2. The van der Waals surface area contributed by atoms with Gasteiger partial charge in [-0.25, -0.2) is 5.01 Å². The number of carbonyl (C=O) groups excluding carboxylic acids is 2. The summed E-state index contributed by atoms with van der Waals surface area (Å²) in [6.07, 6.45) is 7.19. The van der Waals surface area contributed by atoms with Gasteiger partial charge in [0, 0.05) is 41.9 Å². The second-order valence-corrected chi connectivity index (χ2v) is 8.40. The van der Waals surface area contributed by atoms with Gasteiger partial charge in [-0.05, 0) is 56.5 Å². The van der Waals surface area contributed by atoms with Crippen LogP contribution in [0.3, 0.4) is 0 Å². The monoisotopic (exact) mass is 442 g/mol. The van der Waals surface area contributed by atoms with Crippen molar-refractivity contribution in [1.82, 2.24) is 10.4 Å². The van der Waals surface area contributed by atoms with Gasteiger partial charge in [-0.2, -0.15) is 0 Å². The minimum atomic E-state index is -0.407. The molecule has 1 fully saturated rings. The Hall–Kier alpha value is -3.94. The molecule has 1 aromatic heterocycles. The first-order valence-electron chi connectivity index (χ1n) is 11.2. The SMILES string of the molecule is Cc1ccc(N2NC(C(=O)Nc3ccc(N4CCCCC4)c4ccncc34)=NCC2=O)cc1. The Morgan fingerprint density at radius 3 is 2.58 bits per heavy atom. The molecule has 0 unspecified atom stereocenters. The molecule has 0 spiro atoms. The van der Waals surface area contributed by atoms with Gasteiger partial charge < -0.3 is 10.2 Å². The van der Waals surface area contributed by atoms with E-state index in [9.17, 15) is 9.59 Å². The molecule has 0 aliphatic carbocycles. The van der Waals surface area contributed by atoms with Crippen molar-refractivity contribution in [2.24, 2.45) is 4.99 Å². The number of fused-ring (bicyclic) bond motifs is 1. The van der Waals surface area contributed by atoms with Gasteiger partial charge in [-0.3, -0.25) is 25.0 Å². The standard InChI is InChI=1S/C25H26N6O2/c1-17-5-7-18(8-6-17)31-23(32)16-27-24(29-31)25(33)28-21-9-10-22(30-13-3-2-4-14-30)19-11-12-26-15-20(19)21/h5-12,15H,2-4,13-14,16H2,1H3,(H,27,29)(H,28,33). The number of pyridine rings is 1. The maximum Gasteiger partial charge on any atom is 0.292 e. The van der Waals surface area contributed by atoms with Crippen molar-refractivity contribution in [2.75, 3.05) is 34.9 Å². The molecule has 8 heteroatoms. The number of aliphatic imine (C=N–C) groups is 1. The van der Waals surface area contributed by atoms with Crippen LogP contribution in [0.5, 0.6) is 0 Å². The molecule has 3 heterocycles. The predicted molar refractivity (Wildman–Crippen MR) is 131 cm³/mol. The molecule has 0 bridgehead atoms. The second kappa shape index (κ2) is 8.90. The highest BCUT2D eigenvalue weighted by molar-refractivity contribution is 6.44. The number of piperidine rings is 1. The van der Waals surface area contributed by atoms with E-state index in [2.05, 4.69) is 31.7 Å². The van der Waals surface area contributed by atoms with Crippen LogP contribution in [0.1, 0.15) is 24.8 Å².